The van der Waals surface area contributed by atoms with E-state index in [1.54, 1.807) is 13.1 Å². The van der Waals surface area contributed by atoms with E-state index < -0.39 is 0 Å². The molecule has 0 saturated carbocycles. The molecule has 0 amide bonds. The first-order valence-electron chi connectivity index (χ1n) is 14.8. The van der Waals surface area contributed by atoms with Crippen LogP contribution in [-0.4, -0.2) is 23.2 Å². The molecule has 2 N–H and O–H groups in total. The van der Waals surface area contributed by atoms with E-state index in [9.17, 15) is 5.11 Å². The number of nitrogens with zero attached hydrogens (tertiary/aromatic N) is 2. The summed E-state index contributed by atoms with van der Waals surface area (Å²) in [6.45, 7) is 25.5. The number of benzene rings is 1. The van der Waals surface area contributed by atoms with Crippen molar-refractivity contribution >= 4 is 11.1 Å². The molecule has 0 aliphatic carbocycles. The van der Waals surface area contributed by atoms with Gasteiger partial charge >= 0.3 is 0 Å². The highest BCUT2D eigenvalue weighted by Crippen LogP contribution is 2.36. The van der Waals surface area contributed by atoms with Crippen molar-refractivity contribution in [3.63, 3.8) is 0 Å². The number of allylic oxidation sites excluding steroid dienone is 7. The Morgan fingerprint density at radius 2 is 1.73 bits per heavy atom. The van der Waals surface area contributed by atoms with Crippen LogP contribution in [0.4, 0.5) is 0 Å². The van der Waals surface area contributed by atoms with E-state index in [1.807, 2.05) is 84.9 Å². The summed E-state index contributed by atoms with van der Waals surface area (Å²) in [4.78, 5) is 0. The first-order chi connectivity index (χ1) is 18.7. The lowest BCUT2D eigenvalue weighted by Crippen LogP contribution is -2.57. The van der Waals surface area contributed by atoms with Gasteiger partial charge in [-0.25, -0.2) is 0 Å². The molecule has 1 aromatic carbocycles. The molecule has 1 atom stereocenters. The van der Waals surface area contributed by atoms with Crippen molar-refractivity contribution in [2.45, 2.75) is 113 Å². The molecule has 0 aromatic heterocycles. The molecule has 1 aliphatic heterocycles. The normalized spacial score (nSPS) is 17.8. The second kappa shape index (κ2) is 17.7. The number of hydrogen-bond acceptors (Lipinski definition) is 4. The molecule has 0 radical (unpaired) electrons. The van der Waals surface area contributed by atoms with Crippen LogP contribution in [0.2, 0.25) is 0 Å². The minimum absolute atomic E-state index is 0.125. The molecule has 1 fully saturated rings. The number of azo groups is 1. The third-order valence-corrected chi connectivity index (χ3v) is 6.69. The zero-order chi connectivity index (χ0) is 31.1. The Hall–Kier alpha value is -2.90. The zero-order valence-electron chi connectivity index (χ0n) is 27.7. The van der Waals surface area contributed by atoms with Crippen LogP contribution in [0.1, 0.15) is 113 Å². The number of piperidine rings is 1. The summed E-state index contributed by atoms with van der Waals surface area (Å²) in [6.07, 6.45) is 17.1. The van der Waals surface area contributed by atoms with Gasteiger partial charge in [-0.15, -0.1) is 6.42 Å². The zero-order valence-corrected chi connectivity index (χ0v) is 27.7. The van der Waals surface area contributed by atoms with E-state index in [0.29, 0.717) is 11.1 Å². The van der Waals surface area contributed by atoms with Gasteiger partial charge < -0.3 is 10.4 Å². The van der Waals surface area contributed by atoms with Gasteiger partial charge in [0.15, 0.2) is 0 Å². The first kappa shape index (κ1) is 37.1. The quantitative estimate of drug-likeness (QED) is 0.203. The predicted molar refractivity (Wildman–Crippen MR) is 177 cm³/mol. The lowest BCUT2D eigenvalue weighted by Gasteiger charge is -2.45. The highest BCUT2D eigenvalue weighted by molar-refractivity contribution is 5.80. The van der Waals surface area contributed by atoms with Crippen LogP contribution in [0.25, 0.3) is 11.1 Å². The molecule has 0 bridgehead atoms. The minimum atomic E-state index is -0.125. The van der Waals surface area contributed by atoms with Crippen molar-refractivity contribution in [3.8, 4) is 18.1 Å². The average Bonchev–Trinajstić information content (AvgIpc) is 2.86. The Bertz CT molecular complexity index is 1100. The van der Waals surface area contributed by atoms with E-state index >= 15 is 0 Å². The number of terminal acetylenes is 1. The molecule has 222 valence electrons. The number of nitrogens with one attached hydrogen (secondary N) is 1. The van der Waals surface area contributed by atoms with Crippen molar-refractivity contribution in [2.75, 3.05) is 7.05 Å². The molecule has 4 nitrogen and oxygen atoms in total. The van der Waals surface area contributed by atoms with Crippen LogP contribution in [-0.2, 0) is 0 Å². The fourth-order valence-electron chi connectivity index (χ4n) is 5.65. The molecule has 0 spiro atoms. The van der Waals surface area contributed by atoms with Crippen molar-refractivity contribution in [3.05, 3.63) is 64.9 Å². The summed E-state index contributed by atoms with van der Waals surface area (Å²) in [5.74, 6) is 3.78. The third kappa shape index (κ3) is 12.1. The predicted octanol–water partition coefficient (Wildman–Crippen LogP) is 10.4. The van der Waals surface area contributed by atoms with Crippen LogP contribution >= 0.6 is 0 Å². The van der Waals surface area contributed by atoms with Crippen LogP contribution < -0.4 is 5.32 Å². The lowest BCUT2D eigenvalue weighted by molar-refractivity contribution is 0.138. The summed E-state index contributed by atoms with van der Waals surface area (Å²) in [5, 5.41) is 22.5. The molecule has 1 heterocycles. The number of phenols is 1. The molecule has 1 aromatic rings. The maximum absolute atomic E-state index is 10.8. The minimum Gasteiger partial charge on any atom is -0.507 e. The maximum atomic E-state index is 10.8. The Morgan fingerprint density at radius 3 is 2.10 bits per heavy atom. The second-order valence-electron chi connectivity index (χ2n) is 11.8. The van der Waals surface area contributed by atoms with Gasteiger partial charge in [-0.05, 0) is 115 Å². The molecular formula is C36H57N3O. The fraction of sp³-hybridized carbons (Fsp3) is 0.556. The van der Waals surface area contributed by atoms with Crippen molar-refractivity contribution in [2.24, 2.45) is 22.1 Å². The van der Waals surface area contributed by atoms with Crippen LogP contribution in [0.5, 0.6) is 5.75 Å². The molecule has 2 rings (SSSR count). The van der Waals surface area contributed by atoms with E-state index in [2.05, 4.69) is 56.1 Å². The Balaban J connectivity index is 0.000000968. The number of rotatable bonds is 7. The number of phenolic OH excluding ortho intramolecular Hbond substituents is 1. The van der Waals surface area contributed by atoms with E-state index in [-0.39, 0.29) is 11.7 Å². The maximum Gasteiger partial charge on any atom is 0.123 e. The Morgan fingerprint density at radius 1 is 1.15 bits per heavy atom. The van der Waals surface area contributed by atoms with Crippen LogP contribution in [0.3, 0.4) is 0 Å². The van der Waals surface area contributed by atoms with E-state index in [4.69, 9.17) is 6.42 Å². The molecule has 4 heteroatoms. The summed E-state index contributed by atoms with van der Waals surface area (Å²) in [6, 6.07) is 5.71. The van der Waals surface area contributed by atoms with Crippen molar-refractivity contribution in [1.82, 2.24) is 5.32 Å². The third-order valence-electron chi connectivity index (χ3n) is 6.69. The van der Waals surface area contributed by atoms with Gasteiger partial charge in [-0.2, -0.15) is 10.2 Å². The standard InChI is InChI=1S/C24H30N2O.C10H21N.C2H6/c1-8-12-19(11-4)20-13-14-21(24(27)15-20)22(18(9-2)10-3)16-23(17(5)6)26-25-7;1-8-6-9(2,3)11-10(4,5)7-8;1-2/h2,8,11-16,18,27H,10H2,1,3-7H3;8,11H,6-7H2,1-5H3;1-2H3/b12-8-,19-11+,22-16+,26-25?;;. The lowest BCUT2D eigenvalue weighted by atomic mass is 9.77. The SMILES string of the molecule is C#CC(CC)/C(=C\C(N=NC)=C(C)C)c1ccc(C(/C=C\C)=C/C)cc1O.CC.CC1CC(C)(C)NC(C)(C)C1. The highest BCUT2D eigenvalue weighted by atomic mass is 16.3. The van der Waals surface area contributed by atoms with Gasteiger partial charge in [0.25, 0.3) is 0 Å². The molecule has 1 unspecified atom stereocenters. The van der Waals surface area contributed by atoms with Gasteiger partial charge in [0.1, 0.15) is 5.75 Å². The molecule has 1 saturated heterocycles. The largest absolute Gasteiger partial charge is 0.507 e. The second-order valence-corrected chi connectivity index (χ2v) is 11.8. The van der Waals surface area contributed by atoms with Gasteiger partial charge in [-0.3, -0.25) is 0 Å². The Labute approximate surface area is 246 Å². The van der Waals surface area contributed by atoms with E-state index in [1.165, 1.54) is 12.8 Å². The summed E-state index contributed by atoms with van der Waals surface area (Å²) in [7, 11) is 1.64. The summed E-state index contributed by atoms with van der Waals surface area (Å²) >= 11 is 0. The van der Waals surface area contributed by atoms with Gasteiger partial charge in [0, 0.05) is 29.6 Å². The fourth-order valence-corrected chi connectivity index (χ4v) is 5.65. The average molecular weight is 548 g/mol. The summed E-state index contributed by atoms with van der Waals surface area (Å²) in [5.41, 5.74) is 6.07. The van der Waals surface area contributed by atoms with Crippen molar-refractivity contribution < 1.29 is 5.11 Å². The highest BCUT2D eigenvalue weighted by Gasteiger charge is 2.35. The van der Waals surface area contributed by atoms with Crippen LogP contribution in [0.15, 0.2) is 64.0 Å². The van der Waals surface area contributed by atoms with E-state index in [0.717, 1.165) is 45.9 Å². The topological polar surface area (TPSA) is 57.0 Å². The van der Waals surface area contributed by atoms with Gasteiger partial charge in [0.2, 0.25) is 0 Å². The molecule has 1 aliphatic rings. The number of aromatic hydroxyl groups is 1. The smallest absolute Gasteiger partial charge is 0.123 e. The number of hydrogen-bond donors (Lipinski definition) is 2. The van der Waals surface area contributed by atoms with Gasteiger partial charge in [0.05, 0.1) is 5.70 Å². The first-order valence-corrected chi connectivity index (χ1v) is 14.8. The van der Waals surface area contributed by atoms with Crippen LogP contribution in [0, 0.1) is 24.2 Å². The van der Waals surface area contributed by atoms with Crippen molar-refractivity contribution in [1.29, 1.82) is 0 Å². The summed E-state index contributed by atoms with van der Waals surface area (Å²) < 4.78 is 0. The molecule has 40 heavy (non-hydrogen) atoms. The Kier molecular flexibility index (Phi) is 16.4. The monoisotopic (exact) mass is 547 g/mol. The molecular weight excluding hydrogens is 490 g/mol. The van der Waals surface area contributed by atoms with Gasteiger partial charge in [-0.1, -0.05) is 64.0 Å².